The summed E-state index contributed by atoms with van der Waals surface area (Å²) in [5.41, 5.74) is 0.660. The summed E-state index contributed by atoms with van der Waals surface area (Å²) in [7, 11) is 0. The lowest BCUT2D eigenvalue weighted by atomic mass is 10.00. The van der Waals surface area contributed by atoms with Gasteiger partial charge >= 0.3 is 0 Å². The van der Waals surface area contributed by atoms with E-state index in [1.807, 2.05) is 0 Å². The van der Waals surface area contributed by atoms with Crippen LogP contribution < -0.4 is 4.90 Å². The van der Waals surface area contributed by atoms with E-state index >= 15 is 0 Å². The third kappa shape index (κ3) is 3.18. The molecule has 2 aliphatic rings. The summed E-state index contributed by atoms with van der Waals surface area (Å²) < 4.78 is 16.1. The summed E-state index contributed by atoms with van der Waals surface area (Å²) in [4.78, 5) is 15.5. The normalized spacial score (nSPS) is 19.9. The Hall–Kier alpha value is -2.06. The molecular formula is C15H19N5O3. The van der Waals surface area contributed by atoms with Crippen molar-refractivity contribution in [3.8, 4) is 11.6 Å². The quantitative estimate of drug-likeness (QED) is 0.836. The first kappa shape index (κ1) is 14.5. The fourth-order valence-corrected chi connectivity index (χ4v) is 2.84. The summed E-state index contributed by atoms with van der Waals surface area (Å²) in [5.74, 6) is 2.18. The van der Waals surface area contributed by atoms with Crippen LogP contribution in [0.4, 0.5) is 5.95 Å². The second-order valence-corrected chi connectivity index (χ2v) is 5.69. The van der Waals surface area contributed by atoms with Gasteiger partial charge < -0.3 is 18.9 Å². The third-order valence-electron chi connectivity index (χ3n) is 4.18. The number of anilines is 1. The predicted molar refractivity (Wildman–Crippen MR) is 81.2 cm³/mol. The number of hydrogen-bond donors (Lipinski definition) is 0. The van der Waals surface area contributed by atoms with Gasteiger partial charge in [-0.3, -0.25) is 0 Å². The molecule has 4 rings (SSSR count). The van der Waals surface area contributed by atoms with Crippen LogP contribution in [0.3, 0.4) is 0 Å². The average molecular weight is 317 g/mol. The van der Waals surface area contributed by atoms with Gasteiger partial charge in [-0.1, -0.05) is 5.16 Å². The lowest BCUT2D eigenvalue weighted by Gasteiger charge is -2.26. The second-order valence-electron chi connectivity index (χ2n) is 5.69. The van der Waals surface area contributed by atoms with Gasteiger partial charge in [0.15, 0.2) is 5.82 Å². The van der Waals surface area contributed by atoms with Crippen molar-refractivity contribution >= 4 is 5.95 Å². The smallest absolute Gasteiger partial charge is 0.276 e. The topological polar surface area (TPSA) is 86.4 Å². The van der Waals surface area contributed by atoms with Gasteiger partial charge in [-0.15, -0.1) is 0 Å². The molecule has 8 nitrogen and oxygen atoms in total. The summed E-state index contributed by atoms with van der Waals surface area (Å²) in [6.07, 6.45) is 3.59. The zero-order chi connectivity index (χ0) is 15.5. The molecule has 2 saturated heterocycles. The largest absolute Gasteiger partial charge is 0.381 e. The van der Waals surface area contributed by atoms with E-state index in [0.29, 0.717) is 36.7 Å². The molecule has 2 aromatic rings. The monoisotopic (exact) mass is 317 g/mol. The Balaban J connectivity index is 1.54. The van der Waals surface area contributed by atoms with Gasteiger partial charge in [-0.25, -0.2) is 9.97 Å². The highest BCUT2D eigenvalue weighted by Crippen LogP contribution is 2.26. The van der Waals surface area contributed by atoms with Crippen molar-refractivity contribution in [1.82, 2.24) is 20.1 Å². The first-order valence-corrected chi connectivity index (χ1v) is 7.97. The Kier molecular flexibility index (Phi) is 4.16. The molecule has 0 radical (unpaired) electrons. The van der Waals surface area contributed by atoms with Crippen LogP contribution in [-0.4, -0.2) is 59.6 Å². The molecule has 0 saturated carbocycles. The first-order valence-electron chi connectivity index (χ1n) is 7.97. The Morgan fingerprint density at radius 3 is 2.61 bits per heavy atom. The summed E-state index contributed by atoms with van der Waals surface area (Å²) in [6.45, 7) is 4.48. The molecule has 122 valence electrons. The standard InChI is InChI=1S/C15H19N5O3/c1-4-16-15(20-5-9-22-10-6-20)17-12(1)14-18-13(19-23-14)11-2-7-21-8-3-11/h1,4,11H,2-3,5-10H2. The number of aromatic nitrogens is 4. The maximum absolute atomic E-state index is 5.41. The molecule has 0 bridgehead atoms. The zero-order valence-electron chi connectivity index (χ0n) is 12.8. The number of hydrogen-bond acceptors (Lipinski definition) is 8. The second kappa shape index (κ2) is 6.59. The van der Waals surface area contributed by atoms with Crippen molar-refractivity contribution in [2.45, 2.75) is 18.8 Å². The Morgan fingerprint density at radius 2 is 1.78 bits per heavy atom. The van der Waals surface area contributed by atoms with Gasteiger partial charge in [0.05, 0.1) is 13.2 Å². The van der Waals surface area contributed by atoms with Crippen LogP contribution in [0.2, 0.25) is 0 Å². The van der Waals surface area contributed by atoms with Crippen molar-refractivity contribution in [2.75, 3.05) is 44.4 Å². The summed E-state index contributed by atoms with van der Waals surface area (Å²) in [5, 5.41) is 4.12. The van der Waals surface area contributed by atoms with Crippen molar-refractivity contribution in [3.05, 3.63) is 18.1 Å². The first-order chi connectivity index (χ1) is 11.4. The minimum absolute atomic E-state index is 0.307. The van der Waals surface area contributed by atoms with E-state index in [1.165, 1.54) is 0 Å². The van der Waals surface area contributed by atoms with E-state index in [4.69, 9.17) is 14.0 Å². The highest BCUT2D eigenvalue weighted by molar-refractivity contribution is 5.49. The van der Waals surface area contributed by atoms with E-state index in [1.54, 1.807) is 12.3 Å². The lowest BCUT2D eigenvalue weighted by Crippen LogP contribution is -2.37. The lowest BCUT2D eigenvalue weighted by molar-refractivity contribution is 0.0830. The molecule has 4 heterocycles. The van der Waals surface area contributed by atoms with Gasteiger partial charge in [-0.05, 0) is 18.9 Å². The SMILES string of the molecule is c1cc(-c2nc(C3CCOCC3)no2)nc(N2CCOCC2)n1. The van der Waals surface area contributed by atoms with Crippen molar-refractivity contribution in [3.63, 3.8) is 0 Å². The van der Waals surface area contributed by atoms with Crippen LogP contribution in [0.5, 0.6) is 0 Å². The Labute approximate surface area is 133 Å². The van der Waals surface area contributed by atoms with Crippen LogP contribution in [0, 0.1) is 0 Å². The van der Waals surface area contributed by atoms with Crippen molar-refractivity contribution in [2.24, 2.45) is 0 Å². The molecule has 0 N–H and O–H groups in total. The van der Waals surface area contributed by atoms with Crippen LogP contribution in [0.25, 0.3) is 11.6 Å². The van der Waals surface area contributed by atoms with Gasteiger partial charge in [-0.2, -0.15) is 4.98 Å². The minimum Gasteiger partial charge on any atom is -0.381 e. The molecule has 2 aliphatic heterocycles. The molecule has 23 heavy (non-hydrogen) atoms. The van der Waals surface area contributed by atoms with Crippen LogP contribution in [0.15, 0.2) is 16.8 Å². The molecule has 2 aromatic heterocycles. The highest BCUT2D eigenvalue weighted by Gasteiger charge is 2.22. The average Bonchev–Trinajstić information content (AvgIpc) is 3.14. The van der Waals surface area contributed by atoms with Gasteiger partial charge in [0.2, 0.25) is 5.95 Å². The Bertz CT molecular complexity index is 650. The molecule has 0 amide bonds. The van der Waals surface area contributed by atoms with Gasteiger partial charge in [0.1, 0.15) is 5.69 Å². The number of ether oxygens (including phenoxy) is 2. The van der Waals surface area contributed by atoms with E-state index in [0.717, 1.165) is 45.0 Å². The third-order valence-corrected chi connectivity index (χ3v) is 4.18. The van der Waals surface area contributed by atoms with Crippen LogP contribution in [-0.2, 0) is 9.47 Å². The summed E-state index contributed by atoms with van der Waals surface area (Å²) in [6, 6.07) is 1.80. The fraction of sp³-hybridized carbons (Fsp3) is 0.600. The van der Waals surface area contributed by atoms with E-state index in [2.05, 4.69) is 25.0 Å². The highest BCUT2D eigenvalue weighted by atomic mass is 16.5. The zero-order valence-corrected chi connectivity index (χ0v) is 12.8. The Morgan fingerprint density at radius 1 is 1.00 bits per heavy atom. The minimum atomic E-state index is 0.307. The molecule has 0 spiro atoms. The van der Waals surface area contributed by atoms with E-state index in [-0.39, 0.29) is 0 Å². The fourth-order valence-electron chi connectivity index (χ4n) is 2.84. The van der Waals surface area contributed by atoms with Crippen LogP contribution in [0.1, 0.15) is 24.6 Å². The molecule has 8 heteroatoms. The molecular weight excluding hydrogens is 298 g/mol. The van der Waals surface area contributed by atoms with E-state index < -0.39 is 0 Å². The van der Waals surface area contributed by atoms with Crippen molar-refractivity contribution in [1.29, 1.82) is 0 Å². The molecule has 0 aliphatic carbocycles. The number of nitrogens with zero attached hydrogens (tertiary/aromatic N) is 5. The molecule has 0 aromatic carbocycles. The summed E-state index contributed by atoms with van der Waals surface area (Å²) >= 11 is 0. The van der Waals surface area contributed by atoms with Gasteiger partial charge in [0, 0.05) is 38.4 Å². The maximum atomic E-state index is 5.41. The maximum Gasteiger partial charge on any atom is 0.276 e. The van der Waals surface area contributed by atoms with Crippen molar-refractivity contribution < 1.29 is 14.0 Å². The number of morpholine rings is 1. The number of rotatable bonds is 3. The molecule has 2 fully saturated rings. The van der Waals surface area contributed by atoms with E-state index in [9.17, 15) is 0 Å². The molecule has 0 unspecified atom stereocenters. The van der Waals surface area contributed by atoms with Crippen LogP contribution >= 0.6 is 0 Å². The van der Waals surface area contributed by atoms with Gasteiger partial charge in [0.25, 0.3) is 5.89 Å². The predicted octanol–water partition coefficient (Wildman–Crippen LogP) is 1.26. The molecule has 0 atom stereocenters.